The first-order valence-electron chi connectivity index (χ1n) is 9.75. The molecule has 6 heteroatoms. The van der Waals surface area contributed by atoms with Crippen LogP contribution in [0.4, 0.5) is 0 Å². The van der Waals surface area contributed by atoms with Gasteiger partial charge in [-0.2, -0.15) is 0 Å². The summed E-state index contributed by atoms with van der Waals surface area (Å²) in [5.74, 6) is 0.676. The highest BCUT2D eigenvalue weighted by Crippen LogP contribution is 2.35. The van der Waals surface area contributed by atoms with Gasteiger partial charge < -0.3 is 20.3 Å². The summed E-state index contributed by atoms with van der Waals surface area (Å²) in [7, 11) is 3.52. The van der Waals surface area contributed by atoms with Crippen molar-refractivity contribution in [2.75, 3.05) is 20.7 Å². The molecule has 1 saturated carbocycles. The number of nitrogens with one attached hydrogen (secondary N) is 2. The molecule has 6 unspecified atom stereocenters. The molecule has 6 atom stereocenters. The maximum Gasteiger partial charge on any atom is 0.242 e. The summed E-state index contributed by atoms with van der Waals surface area (Å²) < 4.78 is 5.60. The van der Waals surface area contributed by atoms with Gasteiger partial charge in [0.25, 0.3) is 0 Å². The number of piperidine rings is 1. The number of nitrogens with zero attached hydrogens (tertiary/aromatic N) is 1. The molecule has 1 aliphatic carbocycles. The average Bonchev–Trinajstić information content (AvgIpc) is 3.26. The van der Waals surface area contributed by atoms with E-state index < -0.39 is 0 Å². The van der Waals surface area contributed by atoms with E-state index >= 15 is 0 Å². The molecule has 0 spiro atoms. The molecule has 2 N–H and O–H groups in total. The van der Waals surface area contributed by atoms with Crippen LogP contribution in [0.2, 0.25) is 0 Å². The Bertz CT molecular complexity index is 467. The second-order valence-electron chi connectivity index (χ2n) is 7.70. The van der Waals surface area contributed by atoms with Crippen LogP contribution >= 0.6 is 0 Å². The Morgan fingerprint density at radius 1 is 1.28 bits per heavy atom. The van der Waals surface area contributed by atoms with Crippen LogP contribution in [-0.4, -0.2) is 61.6 Å². The SMILES string of the molecule is CCC(C)C(C(CC)OC)N(C)C(=O)CNC(=O)C1NC2CCC1C2. The second-order valence-corrected chi connectivity index (χ2v) is 7.70. The Kier molecular flexibility index (Phi) is 7.25. The zero-order valence-electron chi connectivity index (χ0n) is 16.4. The fourth-order valence-electron chi connectivity index (χ4n) is 4.50. The third-order valence-corrected chi connectivity index (χ3v) is 6.21. The third-order valence-electron chi connectivity index (χ3n) is 6.21. The number of ether oxygens (including phenoxy) is 1. The van der Waals surface area contributed by atoms with E-state index in [-0.39, 0.29) is 36.5 Å². The first-order chi connectivity index (χ1) is 11.9. The molecule has 2 fully saturated rings. The Hall–Kier alpha value is -1.14. The fraction of sp³-hybridized carbons (Fsp3) is 0.895. The van der Waals surface area contributed by atoms with Gasteiger partial charge in [-0.15, -0.1) is 0 Å². The van der Waals surface area contributed by atoms with Gasteiger partial charge in [-0.3, -0.25) is 9.59 Å². The van der Waals surface area contributed by atoms with Gasteiger partial charge in [-0.1, -0.05) is 27.2 Å². The van der Waals surface area contributed by atoms with Crippen LogP contribution < -0.4 is 10.6 Å². The van der Waals surface area contributed by atoms with Crippen molar-refractivity contribution in [1.29, 1.82) is 0 Å². The molecular formula is C19H35N3O3. The molecule has 144 valence electrons. The van der Waals surface area contributed by atoms with Crippen molar-refractivity contribution >= 4 is 11.8 Å². The zero-order valence-corrected chi connectivity index (χ0v) is 16.4. The standard InChI is InChI=1S/C19H35N3O3/c1-6-12(3)18(15(7-2)25-5)22(4)16(23)11-20-19(24)17-13-8-9-14(10-13)21-17/h12-15,17-18,21H,6-11H2,1-5H3,(H,20,24). The highest BCUT2D eigenvalue weighted by Gasteiger charge is 2.42. The van der Waals surface area contributed by atoms with Crippen molar-refractivity contribution in [3.8, 4) is 0 Å². The van der Waals surface area contributed by atoms with Crippen LogP contribution in [0.5, 0.6) is 0 Å². The summed E-state index contributed by atoms with van der Waals surface area (Å²) >= 11 is 0. The van der Waals surface area contributed by atoms with Crippen LogP contribution in [0.25, 0.3) is 0 Å². The van der Waals surface area contributed by atoms with Crippen LogP contribution in [0.3, 0.4) is 0 Å². The number of carbonyl (C=O) groups excluding carboxylic acids is 2. The molecule has 0 aromatic rings. The smallest absolute Gasteiger partial charge is 0.242 e. The first kappa shape index (κ1) is 20.2. The topological polar surface area (TPSA) is 70.7 Å². The molecule has 0 aromatic carbocycles. The van der Waals surface area contributed by atoms with Crippen LogP contribution in [0.15, 0.2) is 0 Å². The summed E-state index contributed by atoms with van der Waals surface area (Å²) in [4.78, 5) is 26.8. The lowest BCUT2D eigenvalue weighted by Gasteiger charge is -2.37. The molecule has 0 radical (unpaired) electrons. The lowest BCUT2D eigenvalue weighted by atomic mass is 9.91. The van der Waals surface area contributed by atoms with Crippen LogP contribution in [0.1, 0.15) is 52.9 Å². The first-order valence-corrected chi connectivity index (χ1v) is 9.75. The Morgan fingerprint density at radius 2 is 2.00 bits per heavy atom. The second kappa shape index (κ2) is 8.99. The highest BCUT2D eigenvalue weighted by atomic mass is 16.5. The summed E-state index contributed by atoms with van der Waals surface area (Å²) in [6.45, 7) is 6.40. The Balaban J connectivity index is 1.90. The fourth-order valence-corrected chi connectivity index (χ4v) is 4.50. The monoisotopic (exact) mass is 353 g/mol. The minimum Gasteiger partial charge on any atom is -0.379 e. The number of likely N-dealkylation sites (N-methyl/N-ethyl adjacent to an activating group) is 1. The molecule has 0 aromatic heterocycles. The largest absolute Gasteiger partial charge is 0.379 e. The molecule has 2 amide bonds. The zero-order chi connectivity index (χ0) is 18.6. The quantitative estimate of drug-likeness (QED) is 0.660. The van der Waals surface area contributed by atoms with Crippen molar-refractivity contribution in [3.63, 3.8) is 0 Å². The summed E-state index contributed by atoms with van der Waals surface area (Å²) in [6, 6.07) is 0.385. The minimum atomic E-state index is -0.121. The van der Waals surface area contributed by atoms with Gasteiger partial charge in [-0.05, 0) is 37.5 Å². The van der Waals surface area contributed by atoms with E-state index in [1.165, 1.54) is 6.42 Å². The molecule has 1 heterocycles. The van der Waals surface area contributed by atoms with Gasteiger partial charge in [0.15, 0.2) is 0 Å². The molecular weight excluding hydrogens is 318 g/mol. The molecule has 25 heavy (non-hydrogen) atoms. The van der Waals surface area contributed by atoms with E-state index in [0.29, 0.717) is 17.9 Å². The minimum absolute atomic E-state index is 0.00633. The van der Waals surface area contributed by atoms with Crippen molar-refractivity contribution in [1.82, 2.24) is 15.5 Å². The van der Waals surface area contributed by atoms with Gasteiger partial charge in [0.1, 0.15) is 0 Å². The summed E-state index contributed by atoms with van der Waals surface area (Å²) in [5, 5.41) is 6.22. The summed E-state index contributed by atoms with van der Waals surface area (Å²) in [6.07, 6.45) is 5.21. The predicted molar refractivity (Wildman–Crippen MR) is 98.2 cm³/mol. The molecule has 2 bridgehead atoms. The number of hydrogen-bond donors (Lipinski definition) is 2. The van der Waals surface area contributed by atoms with Gasteiger partial charge in [0, 0.05) is 20.2 Å². The molecule has 1 saturated heterocycles. The third kappa shape index (κ3) is 4.53. The molecule has 6 nitrogen and oxygen atoms in total. The number of hydrogen-bond acceptors (Lipinski definition) is 4. The lowest BCUT2D eigenvalue weighted by molar-refractivity contribution is -0.138. The highest BCUT2D eigenvalue weighted by molar-refractivity contribution is 5.88. The number of methoxy groups -OCH3 is 1. The van der Waals surface area contributed by atoms with E-state index in [1.54, 1.807) is 12.0 Å². The molecule has 1 aliphatic heterocycles. The lowest BCUT2D eigenvalue weighted by Crippen LogP contribution is -2.53. The predicted octanol–water partition coefficient (Wildman–Crippen LogP) is 1.54. The van der Waals surface area contributed by atoms with Gasteiger partial charge in [0.05, 0.1) is 24.7 Å². The maximum absolute atomic E-state index is 12.7. The van der Waals surface area contributed by atoms with Crippen molar-refractivity contribution < 1.29 is 14.3 Å². The van der Waals surface area contributed by atoms with Crippen molar-refractivity contribution in [2.24, 2.45) is 11.8 Å². The van der Waals surface area contributed by atoms with E-state index in [9.17, 15) is 9.59 Å². The average molecular weight is 354 g/mol. The normalized spacial score (nSPS) is 28.4. The maximum atomic E-state index is 12.7. The van der Waals surface area contributed by atoms with Gasteiger partial charge in [-0.25, -0.2) is 0 Å². The van der Waals surface area contributed by atoms with Crippen LogP contribution in [-0.2, 0) is 14.3 Å². The summed E-state index contributed by atoms with van der Waals surface area (Å²) in [5.41, 5.74) is 0. The number of amides is 2. The Labute approximate surface area is 152 Å². The van der Waals surface area contributed by atoms with Crippen molar-refractivity contribution in [3.05, 3.63) is 0 Å². The van der Waals surface area contributed by atoms with E-state index in [1.807, 2.05) is 7.05 Å². The van der Waals surface area contributed by atoms with Gasteiger partial charge in [0.2, 0.25) is 11.8 Å². The molecule has 2 aliphatic rings. The van der Waals surface area contributed by atoms with E-state index in [0.717, 1.165) is 25.7 Å². The number of carbonyl (C=O) groups is 2. The van der Waals surface area contributed by atoms with E-state index in [4.69, 9.17) is 4.74 Å². The molecule has 2 rings (SSSR count). The van der Waals surface area contributed by atoms with Crippen molar-refractivity contribution in [2.45, 2.75) is 77.1 Å². The van der Waals surface area contributed by atoms with E-state index in [2.05, 4.69) is 31.4 Å². The number of rotatable bonds is 9. The number of fused-ring (bicyclic) bond motifs is 2. The van der Waals surface area contributed by atoms with Crippen LogP contribution in [0, 0.1) is 11.8 Å². The Morgan fingerprint density at radius 3 is 2.48 bits per heavy atom. The van der Waals surface area contributed by atoms with Gasteiger partial charge >= 0.3 is 0 Å².